The summed E-state index contributed by atoms with van der Waals surface area (Å²) in [4.78, 5) is 10.5. The maximum atomic E-state index is 5.27. The molecule has 1 aromatic heterocycles. The predicted molar refractivity (Wildman–Crippen MR) is 238 cm³/mol. The molecule has 2 nitrogen and oxygen atoms in total. The average molecular weight is 729 g/mol. The van der Waals surface area contributed by atoms with Crippen LogP contribution in [0.2, 0.25) is 0 Å². The molecular weight excluding hydrogens is 689 g/mol. The Bertz CT molecular complexity index is 2840. The Morgan fingerprint density at radius 3 is 1.32 bits per heavy atom. The fourth-order valence-electron chi connectivity index (χ4n) is 8.44. The van der Waals surface area contributed by atoms with Crippen LogP contribution in [0.15, 0.2) is 206 Å². The fraction of sp³-hybridized carbons (Fsp3) is 0.0545. The third-order valence-corrected chi connectivity index (χ3v) is 11.5. The first-order valence-electron chi connectivity index (χ1n) is 19.6. The maximum Gasteiger partial charge on any atom is 0.160 e. The van der Waals surface area contributed by atoms with Crippen molar-refractivity contribution in [2.24, 2.45) is 0 Å². The van der Waals surface area contributed by atoms with Gasteiger partial charge in [-0.05, 0) is 103 Å². The smallest absolute Gasteiger partial charge is 0.160 e. The fourth-order valence-corrected chi connectivity index (χ4v) is 8.44. The van der Waals surface area contributed by atoms with E-state index in [2.05, 4.69) is 214 Å². The van der Waals surface area contributed by atoms with E-state index in [9.17, 15) is 0 Å². The zero-order chi connectivity index (χ0) is 38.3. The van der Waals surface area contributed by atoms with Gasteiger partial charge in [0.25, 0.3) is 0 Å². The van der Waals surface area contributed by atoms with Crippen molar-refractivity contribution < 1.29 is 0 Å². The van der Waals surface area contributed by atoms with E-state index in [1.165, 1.54) is 38.9 Å². The summed E-state index contributed by atoms with van der Waals surface area (Å²) in [6.45, 7) is 4.66. The Balaban J connectivity index is 1.03. The van der Waals surface area contributed by atoms with Gasteiger partial charge in [-0.1, -0.05) is 184 Å². The second kappa shape index (κ2) is 14.2. The SMILES string of the molecule is CC1(C)c2ccccc2-c2cc(-c3cccc(-c4ccc(-c5cc(-c6ccccc6)nc(-c6cc(-c7ccccc7)cc(-c7ccccc7)c6)n5)cc4)c3)ccc21. The van der Waals surface area contributed by atoms with Crippen LogP contribution in [0.5, 0.6) is 0 Å². The molecule has 1 aliphatic rings. The molecule has 0 radical (unpaired) electrons. The molecule has 9 aromatic rings. The number of rotatable bonds is 7. The minimum atomic E-state index is -0.00233. The molecule has 2 heteroatoms. The van der Waals surface area contributed by atoms with Crippen molar-refractivity contribution >= 4 is 0 Å². The number of hydrogen-bond donors (Lipinski definition) is 0. The van der Waals surface area contributed by atoms with E-state index >= 15 is 0 Å². The summed E-state index contributed by atoms with van der Waals surface area (Å²) in [5.41, 5.74) is 19.6. The van der Waals surface area contributed by atoms with Crippen LogP contribution in [0.1, 0.15) is 25.0 Å². The van der Waals surface area contributed by atoms with E-state index in [0.717, 1.165) is 55.9 Å². The van der Waals surface area contributed by atoms with Gasteiger partial charge in [0.1, 0.15) is 0 Å². The van der Waals surface area contributed by atoms with Crippen LogP contribution in [0.4, 0.5) is 0 Å². The zero-order valence-corrected chi connectivity index (χ0v) is 32.0. The first-order valence-corrected chi connectivity index (χ1v) is 19.6. The van der Waals surface area contributed by atoms with Gasteiger partial charge in [-0.15, -0.1) is 0 Å². The predicted octanol–water partition coefficient (Wildman–Crippen LogP) is 14.5. The molecule has 1 aliphatic carbocycles. The number of fused-ring (bicyclic) bond motifs is 3. The summed E-state index contributed by atoms with van der Waals surface area (Å²) in [5.74, 6) is 0.693. The van der Waals surface area contributed by atoms with Gasteiger partial charge in [0.15, 0.2) is 5.82 Å². The number of hydrogen-bond acceptors (Lipinski definition) is 2. The summed E-state index contributed by atoms with van der Waals surface area (Å²) < 4.78 is 0. The van der Waals surface area contributed by atoms with Crippen LogP contribution >= 0.6 is 0 Å². The normalized spacial score (nSPS) is 12.5. The van der Waals surface area contributed by atoms with Crippen molar-refractivity contribution in [1.82, 2.24) is 9.97 Å². The molecule has 57 heavy (non-hydrogen) atoms. The molecule has 0 amide bonds. The highest BCUT2D eigenvalue weighted by Crippen LogP contribution is 2.49. The molecule has 8 aromatic carbocycles. The molecule has 0 unspecified atom stereocenters. The number of aromatic nitrogens is 2. The minimum Gasteiger partial charge on any atom is -0.228 e. The number of benzene rings is 8. The van der Waals surface area contributed by atoms with Crippen molar-refractivity contribution in [2.75, 3.05) is 0 Å². The van der Waals surface area contributed by atoms with Crippen LogP contribution in [0.3, 0.4) is 0 Å². The molecule has 0 bridgehead atoms. The third-order valence-electron chi connectivity index (χ3n) is 11.5. The molecule has 0 saturated heterocycles. The highest BCUT2D eigenvalue weighted by molar-refractivity contribution is 5.86. The van der Waals surface area contributed by atoms with Gasteiger partial charge in [0.2, 0.25) is 0 Å². The lowest BCUT2D eigenvalue weighted by atomic mass is 9.82. The Labute approximate surface area is 334 Å². The van der Waals surface area contributed by atoms with Gasteiger partial charge >= 0.3 is 0 Å². The van der Waals surface area contributed by atoms with Crippen molar-refractivity contribution in [3.05, 3.63) is 217 Å². The quantitative estimate of drug-likeness (QED) is 0.163. The van der Waals surface area contributed by atoms with Crippen LogP contribution in [-0.2, 0) is 5.41 Å². The first-order chi connectivity index (χ1) is 28.0. The second-order valence-corrected chi connectivity index (χ2v) is 15.4. The van der Waals surface area contributed by atoms with Gasteiger partial charge in [-0.25, -0.2) is 9.97 Å². The first kappa shape index (κ1) is 34.3. The van der Waals surface area contributed by atoms with Gasteiger partial charge in [-0.2, -0.15) is 0 Å². The maximum absolute atomic E-state index is 5.27. The molecular formula is C55H40N2. The Kier molecular flexibility index (Phi) is 8.53. The molecule has 270 valence electrons. The molecule has 0 spiro atoms. The van der Waals surface area contributed by atoms with Crippen LogP contribution in [0, 0.1) is 0 Å². The zero-order valence-electron chi connectivity index (χ0n) is 32.0. The lowest BCUT2D eigenvalue weighted by Gasteiger charge is -2.21. The standard InChI is InChI=1S/C55H40N2/c1-55(2)50-24-13-12-23-48(50)49-35-44(29-30-51(49)55)43-22-14-21-42(31-43)39-25-27-41(28-26-39)53-36-52(40-19-10-5-11-20-40)56-54(57-53)47-33-45(37-15-6-3-7-16-37)32-46(34-47)38-17-8-4-9-18-38/h3-36H,1-2H3. The van der Waals surface area contributed by atoms with Crippen molar-refractivity contribution in [3.8, 4) is 89.5 Å². The third kappa shape index (κ3) is 6.46. The van der Waals surface area contributed by atoms with Crippen LogP contribution in [-0.4, -0.2) is 9.97 Å². The summed E-state index contributed by atoms with van der Waals surface area (Å²) in [6.07, 6.45) is 0. The van der Waals surface area contributed by atoms with Crippen molar-refractivity contribution in [3.63, 3.8) is 0 Å². The minimum absolute atomic E-state index is 0.00233. The topological polar surface area (TPSA) is 25.8 Å². The number of nitrogens with zero attached hydrogens (tertiary/aromatic N) is 2. The van der Waals surface area contributed by atoms with E-state index in [4.69, 9.17) is 9.97 Å². The average Bonchev–Trinajstić information content (AvgIpc) is 3.52. The molecule has 0 saturated carbocycles. The Morgan fingerprint density at radius 1 is 0.281 bits per heavy atom. The van der Waals surface area contributed by atoms with Crippen molar-refractivity contribution in [1.29, 1.82) is 0 Å². The Morgan fingerprint density at radius 2 is 0.684 bits per heavy atom. The summed E-state index contributed by atoms with van der Waals surface area (Å²) >= 11 is 0. The van der Waals surface area contributed by atoms with Gasteiger partial charge < -0.3 is 0 Å². The van der Waals surface area contributed by atoms with Gasteiger partial charge in [-0.3, -0.25) is 0 Å². The van der Waals surface area contributed by atoms with E-state index in [1.807, 2.05) is 6.07 Å². The van der Waals surface area contributed by atoms with Crippen molar-refractivity contribution in [2.45, 2.75) is 19.3 Å². The van der Waals surface area contributed by atoms with Gasteiger partial charge in [0.05, 0.1) is 11.4 Å². The van der Waals surface area contributed by atoms with E-state index < -0.39 is 0 Å². The highest BCUT2D eigenvalue weighted by atomic mass is 14.9. The van der Waals surface area contributed by atoms with E-state index in [1.54, 1.807) is 0 Å². The van der Waals surface area contributed by atoms with Crippen LogP contribution in [0.25, 0.3) is 89.5 Å². The largest absolute Gasteiger partial charge is 0.228 e. The molecule has 0 atom stereocenters. The molecule has 0 aliphatic heterocycles. The van der Waals surface area contributed by atoms with Crippen LogP contribution < -0.4 is 0 Å². The molecule has 1 heterocycles. The molecule has 10 rings (SSSR count). The molecule has 0 fully saturated rings. The van der Waals surface area contributed by atoms with E-state index in [-0.39, 0.29) is 5.41 Å². The lowest BCUT2D eigenvalue weighted by Crippen LogP contribution is -2.14. The molecule has 0 N–H and O–H groups in total. The summed E-state index contributed by atoms with van der Waals surface area (Å²) in [6, 6.07) is 73.8. The highest BCUT2D eigenvalue weighted by Gasteiger charge is 2.35. The monoisotopic (exact) mass is 728 g/mol. The van der Waals surface area contributed by atoms with E-state index in [0.29, 0.717) is 5.82 Å². The lowest BCUT2D eigenvalue weighted by molar-refractivity contribution is 0.660. The summed E-state index contributed by atoms with van der Waals surface area (Å²) in [7, 11) is 0. The second-order valence-electron chi connectivity index (χ2n) is 15.4. The summed E-state index contributed by atoms with van der Waals surface area (Å²) in [5, 5.41) is 0. The Hall–Kier alpha value is -7.16. The van der Waals surface area contributed by atoms with Gasteiger partial charge in [0, 0.05) is 22.1 Å².